The predicted molar refractivity (Wildman–Crippen MR) is 62.7 cm³/mol. The normalized spacial score (nSPS) is 17.6. The molecule has 0 saturated carbocycles. The number of thioether (sulfide) groups is 1. The van der Waals surface area contributed by atoms with Crippen molar-refractivity contribution in [1.82, 2.24) is 14.9 Å². The van der Waals surface area contributed by atoms with Gasteiger partial charge in [0.15, 0.2) is 5.16 Å². The van der Waals surface area contributed by atoms with Gasteiger partial charge in [-0.05, 0) is 6.26 Å². The highest BCUT2D eigenvalue weighted by molar-refractivity contribution is 7.98. The fourth-order valence-corrected chi connectivity index (χ4v) is 2.06. The van der Waals surface area contributed by atoms with E-state index in [4.69, 9.17) is 4.74 Å². The van der Waals surface area contributed by atoms with E-state index < -0.39 is 0 Å². The molecule has 2 rings (SSSR count). The van der Waals surface area contributed by atoms with E-state index in [0.29, 0.717) is 5.16 Å². The van der Waals surface area contributed by atoms with Crippen molar-refractivity contribution in [3.8, 4) is 0 Å². The number of hydrogen-bond acceptors (Lipinski definition) is 5. The Hall–Kier alpha value is -0.850. The minimum Gasteiger partial charge on any atom is -0.379 e. The van der Waals surface area contributed by atoms with Crippen molar-refractivity contribution in [2.75, 3.05) is 32.6 Å². The number of nitrogens with one attached hydrogen (secondary N) is 1. The number of morpholine rings is 1. The number of ether oxygens (including phenoxy) is 1. The van der Waals surface area contributed by atoms with E-state index in [9.17, 15) is 4.79 Å². The molecule has 0 spiro atoms. The average Bonchev–Trinajstić information content (AvgIpc) is 2.29. The molecular weight excluding hydrogens is 226 g/mol. The molecule has 0 amide bonds. The molecule has 1 aromatic heterocycles. The molecule has 2 heterocycles. The van der Waals surface area contributed by atoms with Gasteiger partial charge in [0.1, 0.15) is 0 Å². The lowest BCUT2D eigenvalue weighted by Gasteiger charge is -2.26. The van der Waals surface area contributed by atoms with Crippen LogP contribution in [0.3, 0.4) is 0 Å². The van der Waals surface area contributed by atoms with E-state index in [1.165, 1.54) is 11.8 Å². The maximum atomic E-state index is 11.4. The Bertz CT molecular complexity index is 401. The van der Waals surface area contributed by atoms with Gasteiger partial charge in [-0.2, -0.15) is 0 Å². The summed E-state index contributed by atoms with van der Waals surface area (Å²) in [7, 11) is 0. The van der Waals surface area contributed by atoms with Crippen LogP contribution < -0.4 is 5.56 Å². The highest BCUT2D eigenvalue weighted by atomic mass is 32.2. The van der Waals surface area contributed by atoms with Crippen LogP contribution >= 0.6 is 11.8 Å². The molecular formula is C10H15N3O2S. The van der Waals surface area contributed by atoms with Gasteiger partial charge >= 0.3 is 0 Å². The maximum Gasteiger partial charge on any atom is 0.251 e. The zero-order valence-corrected chi connectivity index (χ0v) is 10.0. The quantitative estimate of drug-likeness (QED) is 0.610. The first-order valence-electron chi connectivity index (χ1n) is 5.22. The standard InChI is InChI=1S/C10H15N3O2S/c1-16-10-11-8(6-9(14)12-10)7-13-2-4-15-5-3-13/h6H,2-5,7H2,1H3,(H,11,12,14). The lowest BCUT2D eigenvalue weighted by Crippen LogP contribution is -2.36. The zero-order chi connectivity index (χ0) is 11.4. The number of aromatic nitrogens is 2. The van der Waals surface area contributed by atoms with E-state index in [1.54, 1.807) is 6.07 Å². The molecule has 0 atom stereocenters. The second kappa shape index (κ2) is 5.47. The highest BCUT2D eigenvalue weighted by Gasteiger charge is 2.12. The van der Waals surface area contributed by atoms with Crippen molar-refractivity contribution in [3.63, 3.8) is 0 Å². The topological polar surface area (TPSA) is 58.2 Å². The summed E-state index contributed by atoms with van der Waals surface area (Å²) in [5, 5.41) is 0.677. The van der Waals surface area contributed by atoms with Gasteiger partial charge in [0.2, 0.25) is 0 Å². The highest BCUT2D eigenvalue weighted by Crippen LogP contribution is 2.08. The summed E-state index contributed by atoms with van der Waals surface area (Å²) < 4.78 is 5.27. The maximum absolute atomic E-state index is 11.4. The molecule has 1 aromatic rings. The third-order valence-corrected chi connectivity index (χ3v) is 3.04. The van der Waals surface area contributed by atoms with Crippen LogP contribution in [0.1, 0.15) is 5.69 Å². The molecule has 88 valence electrons. The summed E-state index contributed by atoms with van der Waals surface area (Å²) in [5.74, 6) is 0. The van der Waals surface area contributed by atoms with E-state index in [-0.39, 0.29) is 5.56 Å². The number of H-pyrrole nitrogens is 1. The Morgan fingerprint density at radius 2 is 2.31 bits per heavy atom. The summed E-state index contributed by atoms with van der Waals surface area (Å²) >= 11 is 1.45. The molecule has 1 aliphatic heterocycles. The lowest BCUT2D eigenvalue weighted by molar-refractivity contribution is 0.0335. The van der Waals surface area contributed by atoms with Crippen molar-refractivity contribution in [1.29, 1.82) is 0 Å². The minimum atomic E-state index is -0.0809. The van der Waals surface area contributed by atoms with E-state index in [1.807, 2.05) is 6.26 Å². The van der Waals surface area contributed by atoms with Crippen molar-refractivity contribution < 1.29 is 4.74 Å². The van der Waals surface area contributed by atoms with E-state index in [0.717, 1.165) is 38.5 Å². The molecule has 0 aliphatic carbocycles. The second-order valence-corrected chi connectivity index (χ2v) is 4.43. The lowest BCUT2D eigenvalue weighted by atomic mass is 10.3. The van der Waals surface area contributed by atoms with Gasteiger partial charge < -0.3 is 9.72 Å². The van der Waals surface area contributed by atoms with Crippen LogP contribution in [0.4, 0.5) is 0 Å². The third kappa shape index (κ3) is 3.07. The first-order chi connectivity index (χ1) is 7.78. The van der Waals surface area contributed by atoms with Crippen molar-refractivity contribution in [2.24, 2.45) is 0 Å². The Balaban J connectivity index is 2.07. The first-order valence-corrected chi connectivity index (χ1v) is 6.45. The predicted octanol–water partition coefficient (Wildman–Crippen LogP) is 0.324. The van der Waals surface area contributed by atoms with Gasteiger partial charge in [0, 0.05) is 25.7 Å². The Kier molecular flexibility index (Phi) is 3.98. The van der Waals surface area contributed by atoms with Crippen LogP contribution in [0, 0.1) is 0 Å². The summed E-state index contributed by atoms with van der Waals surface area (Å²) in [5.41, 5.74) is 0.748. The van der Waals surface area contributed by atoms with Crippen molar-refractivity contribution >= 4 is 11.8 Å². The second-order valence-electron chi connectivity index (χ2n) is 3.63. The SMILES string of the molecule is CSc1nc(CN2CCOCC2)cc(=O)[nH]1. The Morgan fingerprint density at radius 3 is 3.00 bits per heavy atom. The molecule has 1 saturated heterocycles. The third-order valence-electron chi connectivity index (χ3n) is 2.46. The van der Waals surface area contributed by atoms with Crippen LogP contribution in [-0.4, -0.2) is 47.4 Å². The van der Waals surface area contributed by atoms with Crippen LogP contribution in [-0.2, 0) is 11.3 Å². The van der Waals surface area contributed by atoms with Gasteiger partial charge in [0.25, 0.3) is 5.56 Å². The number of nitrogens with zero attached hydrogens (tertiary/aromatic N) is 2. The molecule has 0 aromatic carbocycles. The fraction of sp³-hybridized carbons (Fsp3) is 0.600. The molecule has 6 heteroatoms. The first kappa shape index (κ1) is 11.6. The molecule has 1 fully saturated rings. The van der Waals surface area contributed by atoms with Crippen molar-refractivity contribution in [2.45, 2.75) is 11.7 Å². The van der Waals surface area contributed by atoms with Gasteiger partial charge in [-0.15, -0.1) is 0 Å². The molecule has 1 aliphatic rings. The smallest absolute Gasteiger partial charge is 0.251 e. The average molecular weight is 241 g/mol. The number of rotatable bonds is 3. The van der Waals surface area contributed by atoms with E-state index >= 15 is 0 Å². The van der Waals surface area contributed by atoms with Crippen LogP contribution in [0.15, 0.2) is 16.0 Å². The monoisotopic (exact) mass is 241 g/mol. The largest absolute Gasteiger partial charge is 0.379 e. The van der Waals surface area contributed by atoms with Gasteiger partial charge in [-0.25, -0.2) is 4.98 Å². The molecule has 1 N–H and O–H groups in total. The van der Waals surface area contributed by atoms with Crippen LogP contribution in [0.25, 0.3) is 0 Å². The fourth-order valence-electron chi connectivity index (χ4n) is 1.65. The number of aromatic amines is 1. The Labute approximate surface area is 98.2 Å². The molecule has 0 radical (unpaired) electrons. The molecule has 5 nitrogen and oxygen atoms in total. The summed E-state index contributed by atoms with van der Waals surface area (Å²) in [6, 6.07) is 1.56. The van der Waals surface area contributed by atoms with Gasteiger partial charge in [0.05, 0.1) is 18.9 Å². The Morgan fingerprint density at radius 1 is 1.56 bits per heavy atom. The summed E-state index contributed by atoms with van der Waals surface area (Å²) in [6.07, 6.45) is 1.90. The van der Waals surface area contributed by atoms with Crippen LogP contribution in [0.5, 0.6) is 0 Å². The number of hydrogen-bond donors (Lipinski definition) is 1. The summed E-state index contributed by atoms with van der Waals surface area (Å²) in [4.78, 5) is 20.7. The summed E-state index contributed by atoms with van der Waals surface area (Å²) in [6.45, 7) is 4.06. The zero-order valence-electron chi connectivity index (χ0n) is 9.23. The van der Waals surface area contributed by atoms with Crippen molar-refractivity contribution in [3.05, 3.63) is 22.1 Å². The van der Waals surface area contributed by atoms with Gasteiger partial charge in [-0.1, -0.05) is 11.8 Å². The van der Waals surface area contributed by atoms with Crippen LogP contribution in [0.2, 0.25) is 0 Å². The minimum absolute atomic E-state index is 0.0809. The molecule has 0 unspecified atom stereocenters. The molecule has 16 heavy (non-hydrogen) atoms. The van der Waals surface area contributed by atoms with E-state index in [2.05, 4.69) is 14.9 Å². The van der Waals surface area contributed by atoms with Gasteiger partial charge in [-0.3, -0.25) is 9.69 Å². The molecule has 0 bridgehead atoms.